The second kappa shape index (κ2) is 4.84. The van der Waals surface area contributed by atoms with Crippen molar-refractivity contribution in [1.82, 2.24) is 0 Å². The van der Waals surface area contributed by atoms with Crippen LogP contribution in [0.15, 0.2) is 18.2 Å². The minimum atomic E-state index is -1.88. The summed E-state index contributed by atoms with van der Waals surface area (Å²) in [5, 5.41) is 8.65. The van der Waals surface area contributed by atoms with Crippen molar-refractivity contribution in [2.24, 2.45) is 0 Å². The zero-order valence-corrected chi connectivity index (χ0v) is 8.05. The van der Waals surface area contributed by atoms with Gasteiger partial charge in [-0.2, -0.15) is 5.26 Å². The second-order valence-electron chi connectivity index (χ2n) is 2.69. The summed E-state index contributed by atoms with van der Waals surface area (Å²) in [5.41, 5.74) is 0.812. The first-order chi connectivity index (χ1) is 6.63. The van der Waals surface area contributed by atoms with E-state index in [9.17, 15) is 8.60 Å². The van der Waals surface area contributed by atoms with Crippen LogP contribution in [0.2, 0.25) is 0 Å². The smallest absolute Gasteiger partial charge is 0.153 e. The molecule has 0 aliphatic heterocycles. The molecule has 0 fully saturated rings. The molecule has 1 aromatic carbocycles. The van der Waals surface area contributed by atoms with Gasteiger partial charge in [0.15, 0.2) is 11.1 Å². The van der Waals surface area contributed by atoms with Crippen molar-refractivity contribution in [2.75, 3.05) is 5.75 Å². The maximum Gasteiger partial charge on any atom is 0.153 e. The van der Waals surface area contributed by atoms with Crippen molar-refractivity contribution in [3.63, 3.8) is 0 Å². The van der Waals surface area contributed by atoms with Crippen molar-refractivity contribution in [3.05, 3.63) is 35.1 Å². The van der Waals surface area contributed by atoms with Gasteiger partial charge in [0.25, 0.3) is 0 Å². The Labute approximate surface area is 83.5 Å². The monoisotopic (exact) mass is 213 g/mol. The molecule has 5 heteroatoms. The average Bonchev–Trinajstić information content (AvgIpc) is 2.15. The number of nitrogens with zero attached hydrogens (tertiary/aromatic N) is 1. The predicted molar refractivity (Wildman–Crippen MR) is 50.5 cm³/mol. The summed E-state index contributed by atoms with van der Waals surface area (Å²) in [6.45, 7) is 0. The highest BCUT2D eigenvalue weighted by Gasteiger charge is 2.04. The lowest BCUT2D eigenvalue weighted by atomic mass is 10.1. The molecule has 0 heterocycles. The van der Waals surface area contributed by atoms with E-state index in [0.29, 0.717) is 12.0 Å². The molecule has 1 atom stereocenters. The van der Waals surface area contributed by atoms with Gasteiger partial charge in [-0.3, -0.25) is 0 Å². The molecule has 74 valence electrons. The molecule has 0 saturated carbocycles. The van der Waals surface area contributed by atoms with Crippen molar-refractivity contribution in [2.45, 2.75) is 6.42 Å². The van der Waals surface area contributed by atoms with Crippen LogP contribution in [0.3, 0.4) is 0 Å². The summed E-state index contributed by atoms with van der Waals surface area (Å²) in [6.07, 6.45) is 0.298. The van der Waals surface area contributed by atoms with Gasteiger partial charge in [0.1, 0.15) is 5.82 Å². The maximum atomic E-state index is 12.7. The van der Waals surface area contributed by atoms with Gasteiger partial charge < -0.3 is 4.55 Å². The first-order valence-corrected chi connectivity index (χ1v) is 5.17. The molecule has 14 heavy (non-hydrogen) atoms. The summed E-state index contributed by atoms with van der Waals surface area (Å²) in [7, 11) is 0. The van der Waals surface area contributed by atoms with Gasteiger partial charge in [-0.25, -0.2) is 8.60 Å². The summed E-state index contributed by atoms with van der Waals surface area (Å²) in [5.74, 6) is -0.421. The molecule has 1 rings (SSSR count). The molecule has 0 bridgehead atoms. The SMILES string of the molecule is N#Cc1cc(F)ccc1CCS(=O)O. The van der Waals surface area contributed by atoms with Gasteiger partial charge in [0.05, 0.1) is 17.4 Å². The molecule has 0 spiro atoms. The summed E-state index contributed by atoms with van der Waals surface area (Å²) >= 11 is -1.88. The van der Waals surface area contributed by atoms with Crippen LogP contribution in [0.5, 0.6) is 0 Å². The number of nitriles is 1. The highest BCUT2D eigenvalue weighted by molar-refractivity contribution is 7.79. The molecule has 1 N–H and O–H groups in total. The van der Waals surface area contributed by atoms with E-state index in [2.05, 4.69) is 0 Å². The minimum absolute atomic E-state index is 0.0559. The van der Waals surface area contributed by atoms with Crippen LogP contribution in [0.25, 0.3) is 0 Å². The molecule has 0 amide bonds. The highest BCUT2D eigenvalue weighted by Crippen LogP contribution is 2.11. The largest absolute Gasteiger partial charge is 0.306 e. The first-order valence-electron chi connectivity index (χ1n) is 3.89. The van der Waals surface area contributed by atoms with Crippen LogP contribution in [0, 0.1) is 17.1 Å². The highest BCUT2D eigenvalue weighted by atomic mass is 32.2. The Hall–Kier alpha value is -1.25. The number of aryl methyl sites for hydroxylation is 1. The standard InChI is InChI=1S/C9H8FNO2S/c10-9-2-1-7(3-4-14(12)13)8(5-9)6-11/h1-2,5H,3-4H2,(H,12,13). The van der Waals surface area contributed by atoms with Crippen LogP contribution in [0.4, 0.5) is 4.39 Å². The quantitative estimate of drug-likeness (QED) is 0.773. The van der Waals surface area contributed by atoms with Gasteiger partial charge in [0.2, 0.25) is 0 Å². The molecular formula is C9H8FNO2S. The number of benzene rings is 1. The Morgan fingerprint density at radius 3 is 2.86 bits per heavy atom. The molecule has 1 unspecified atom stereocenters. The minimum Gasteiger partial charge on any atom is -0.306 e. The van der Waals surface area contributed by atoms with Crippen LogP contribution in [-0.2, 0) is 17.5 Å². The molecule has 0 radical (unpaired) electrons. The Kier molecular flexibility index (Phi) is 3.74. The van der Waals surface area contributed by atoms with Crippen LogP contribution in [0.1, 0.15) is 11.1 Å². The van der Waals surface area contributed by atoms with E-state index in [1.54, 1.807) is 0 Å². The van der Waals surface area contributed by atoms with Crippen molar-refractivity contribution < 1.29 is 13.2 Å². The third-order valence-electron chi connectivity index (χ3n) is 1.74. The maximum absolute atomic E-state index is 12.7. The summed E-state index contributed by atoms with van der Waals surface area (Å²) < 4.78 is 31.6. The fraction of sp³-hybridized carbons (Fsp3) is 0.222. The third-order valence-corrected chi connectivity index (χ3v) is 2.29. The topological polar surface area (TPSA) is 61.1 Å². The average molecular weight is 213 g/mol. The van der Waals surface area contributed by atoms with Gasteiger partial charge in [0, 0.05) is 0 Å². The molecule has 0 aliphatic rings. The van der Waals surface area contributed by atoms with Crippen LogP contribution in [-0.4, -0.2) is 14.5 Å². The van der Waals surface area contributed by atoms with E-state index >= 15 is 0 Å². The van der Waals surface area contributed by atoms with Crippen molar-refractivity contribution in [1.29, 1.82) is 5.26 Å². The van der Waals surface area contributed by atoms with E-state index in [0.717, 1.165) is 6.07 Å². The fourth-order valence-electron chi connectivity index (χ4n) is 1.07. The van der Waals surface area contributed by atoms with Crippen LogP contribution >= 0.6 is 0 Å². The second-order valence-corrected chi connectivity index (χ2v) is 3.74. The van der Waals surface area contributed by atoms with Crippen molar-refractivity contribution in [3.8, 4) is 6.07 Å². The number of hydrogen-bond donors (Lipinski definition) is 1. The van der Waals surface area contributed by atoms with E-state index in [4.69, 9.17) is 9.81 Å². The molecule has 1 aromatic rings. The lowest BCUT2D eigenvalue weighted by molar-refractivity contribution is 0.563. The molecular weight excluding hydrogens is 205 g/mol. The zero-order chi connectivity index (χ0) is 10.6. The Balaban J connectivity index is 2.87. The summed E-state index contributed by atoms with van der Waals surface area (Å²) in [4.78, 5) is 0. The van der Waals surface area contributed by atoms with Crippen LogP contribution < -0.4 is 0 Å². The van der Waals surface area contributed by atoms with E-state index in [1.807, 2.05) is 6.07 Å². The van der Waals surface area contributed by atoms with E-state index < -0.39 is 16.9 Å². The number of halogens is 1. The number of hydrogen-bond acceptors (Lipinski definition) is 2. The van der Waals surface area contributed by atoms with E-state index in [-0.39, 0.29) is 11.3 Å². The third kappa shape index (κ3) is 2.91. The van der Waals surface area contributed by atoms with Gasteiger partial charge in [-0.1, -0.05) is 6.07 Å². The summed E-state index contributed by atoms with van der Waals surface area (Å²) in [6, 6.07) is 5.65. The fourth-order valence-corrected chi connectivity index (χ4v) is 1.46. The van der Waals surface area contributed by atoms with Gasteiger partial charge in [-0.05, 0) is 24.1 Å². The Morgan fingerprint density at radius 2 is 2.29 bits per heavy atom. The lowest BCUT2D eigenvalue weighted by Crippen LogP contribution is -2.01. The number of rotatable bonds is 3. The van der Waals surface area contributed by atoms with Crippen molar-refractivity contribution >= 4 is 11.1 Å². The van der Waals surface area contributed by atoms with Gasteiger partial charge >= 0.3 is 0 Å². The zero-order valence-electron chi connectivity index (χ0n) is 7.24. The lowest BCUT2D eigenvalue weighted by Gasteiger charge is -2.01. The predicted octanol–water partition coefficient (Wildman–Crippen LogP) is 1.46. The Bertz CT molecular complexity index is 400. The molecule has 3 nitrogen and oxygen atoms in total. The first kappa shape index (κ1) is 10.8. The van der Waals surface area contributed by atoms with E-state index in [1.165, 1.54) is 12.1 Å². The molecule has 0 aliphatic carbocycles. The van der Waals surface area contributed by atoms with Gasteiger partial charge in [-0.15, -0.1) is 0 Å². The Morgan fingerprint density at radius 1 is 1.57 bits per heavy atom. The normalized spacial score (nSPS) is 12.1. The molecule has 0 saturated heterocycles. The molecule has 0 aromatic heterocycles.